The third-order valence-electron chi connectivity index (χ3n) is 6.38. The predicted molar refractivity (Wildman–Crippen MR) is 136 cm³/mol. The lowest BCUT2D eigenvalue weighted by Crippen LogP contribution is -2.38. The standard InChI is InChI=1S/C24H23N5O4S2/c1-34-20-7-6-17(14-19(20)29(32)33)23(30)26-11-8-16(9-12-26)22-25-10-13-27(22)15-28-18-4-2-3-5-21(18)35-24(28)31/h2-7,10,13-14,16H,8-9,11-12,15H2,1H3. The molecule has 1 amide bonds. The molecule has 3 heterocycles. The van der Waals surface area contributed by atoms with E-state index in [9.17, 15) is 19.7 Å². The van der Waals surface area contributed by atoms with Crippen LogP contribution in [0.5, 0.6) is 0 Å². The van der Waals surface area contributed by atoms with Crippen LogP contribution in [0.4, 0.5) is 5.69 Å². The van der Waals surface area contributed by atoms with E-state index < -0.39 is 4.92 Å². The smallest absolute Gasteiger partial charge is 0.309 e. The first-order chi connectivity index (χ1) is 17.0. The van der Waals surface area contributed by atoms with E-state index in [0.29, 0.717) is 30.2 Å². The number of piperidine rings is 1. The number of fused-ring (bicyclic) bond motifs is 1. The van der Waals surface area contributed by atoms with Gasteiger partial charge in [0.25, 0.3) is 11.6 Å². The lowest BCUT2D eigenvalue weighted by molar-refractivity contribution is -0.387. The van der Waals surface area contributed by atoms with Crippen molar-refractivity contribution in [3.8, 4) is 0 Å². The van der Waals surface area contributed by atoms with Crippen molar-refractivity contribution in [3.05, 3.63) is 86.0 Å². The summed E-state index contributed by atoms with van der Waals surface area (Å²) in [5.41, 5.74) is 1.19. The highest BCUT2D eigenvalue weighted by atomic mass is 32.2. The summed E-state index contributed by atoms with van der Waals surface area (Å²) in [6.07, 6.45) is 6.87. The Morgan fingerprint density at radius 1 is 1.23 bits per heavy atom. The van der Waals surface area contributed by atoms with Crippen molar-refractivity contribution in [1.29, 1.82) is 0 Å². The molecular formula is C24H23N5O4S2. The van der Waals surface area contributed by atoms with Crippen molar-refractivity contribution in [2.24, 2.45) is 0 Å². The second-order valence-corrected chi connectivity index (χ2v) is 10.2. The van der Waals surface area contributed by atoms with E-state index in [1.807, 2.05) is 35.0 Å². The Kier molecular flexibility index (Phi) is 6.44. The minimum absolute atomic E-state index is 0.00662. The van der Waals surface area contributed by atoms with E-state index in [2.05, 4.69) is 4.98 Å². The van der Waals surface area contributed by atoms with Crippen LogP contribution in [-0.4, -0.2) is 49.2 Å². The number of aromatic nitrogens is 3. The average Bonchev–Trinajstić information content (AvgIpc) is 3.47. The number of carbonyl (C=O) groups is 1. The number of nitro groups is 1. The Morgan fingerprint density at radius 3 is 2.74 bits per heavy atom. The number of likely N-dealkylation sites (tertiary alicyclic amines) is 1. The summed E-state index contributed by atoms with van der Waals surface area (Å²) in [6.45, 7) is 1.47. The van der Waals surface area contributed by atoms with Crippen molar-refractivity contribution >= 4 is 44.9 Å². The van der Waals surface area contributed by atoms with Crippen molar-refractivity contribution in [1.82, 2.24) is 19.0 Å². The van der Waals surface area contributed by atoms with E-state index >= 15 is 0 Å². The zero-order chi connectivity index (χ0) is 24.5. The van der Waals surface area contributed by atoms with E-state index in [-0.39, 0.29) is 22.4 Å². The molecule has 0 atom stereocenters. The number of imidazole rings is 1. The van der Waals surface area contributed by atoms with Crippen LogP contribution < -0.4 is 4.87 Å². The van der Waals surface area contributed by atoms with Gasteiger partial charge in [0, 0.05) is 43.0 Å². The molecule has 2 aromatic heterocycles. The van der Waals surface area contributed by atoms with E-state index in [1.165, 1.54) is 29.2 Å². The van der Waals surface area contributed by atoms with Crippen molar-refractivity contribution < 1.29 is 9.72 Å². The Bertz CT molecular complexity index is 1470. The maximum atomic E-state index is 13.0. The molecule has 0 unspecified atom stereocenters. The molecule has 1 aliphatic heterocycles. The minimum Gasteiger partial charge on any atom is -0.339 e. The maximum absolute atomic E-state index is 13.0. The number of benzene rings is 2. The SMILES string of the molecule is CSc1ccc(C(=O)N2CCC(c3nccn3Cn3c(=O)sc4ccccc43)CC2)cc1[N+](=O)[O-]. The summed E-state index contributed by atoms with van der Waals surface area (Å²) in [7, 11) is 0. The number of para-hydroxylation sites is 1. The molecule has 0 spiro atoms. The summed E-state index contributed by atoms with van der Waals surface area (Å²) in [5, 5.41) is 11.4. The molecule has 0 N–H and O–H groups in total. The quantitative estimate of drug-likeness (QED) is 0.217. The van der Waals surface area contributed by atoms with Gasteiger partial charge in [0.2, 0.25) is 0 Å². The van der Waals surface area contributed by atoms with Gasteiger partial charge in [-0.15, -0.1) is 11.8 Å². The normalized spacial score (nSPS) is 14.5. The molecule has 0 radical (unpaired) electrons. The highest BCUT2D eigenvalue weighted by Crippen LogP contribution is 2.31. The van der Waals surface area contributed by atoms with E-state index in [4.69, 9.17) is 0 Å². The third kappa shape index (κ3) is 4.48. The highest BCUT2D eigenvalue weighted by molar-refractivity contribution is 7.98. The monoisotopic (exact) mass is 509 g/mol. The molecule has 1 aliphatic rings. The van der Waals surface area contributed by atoms with Gasteiger partial charge in [-0.05, 0) is 43.4 Å². The molecule has 180 valence electrons. The second-order valence-electron chi connectivity index (χ2n) is 8.37. The number of nitro benzene ring substituents is 1. The molecule has 0 saturated carbocycles. The number of rotatable bonds is 6. The number of hydrogen-bond acceptors (Lipinski definition) is 7. The summed E-state index contributed by atoms with van der Waals surface area (Å²) in [6, 6.07) is 12.4. The van der Waals surface area contributed by atoms with Gasteiger partial charge >= 0.3 is 4.87 Å². The zero-order valence-electron chi connectivity index (χ0n) is 19.0. The van der Waals surface area contributed by atoms with Gasteiger partial charge in [-0.25, -0.2) is 4.98 Å². The molecular weight excluding hydrogens is 486 g/mol. The lowest BCUT2D eigenvalue weighted by Gasteiger charge is -2.32. The first-order valence-corrected chi connectivity index (χ1v) is 13.2. The summed E-state index contributed by atoms with van der Waals surface area (Å²) in [5.74, 6) is 0.862. The van der Waals surface area contributed by atoms with Crippen LogP contribution in [0.15, 0.2) is 64.5 Å². The van der Waals surface area contributed by atoms with E-state index in [0.717, 1.165) is 28.9 Å². The number of thioether (sulfide) groups is 1. The molecule has 35 heavy (non-hydrogen) atoms. The topological polar surface area (TPSA) is 103 Å². The molecule has 4 aromatic rings. The first kappa shape index (κ1) is 23.3. The van der Waals surface area contributed by atoms with Gasteiger partial charge < -0.3 is 9.47 Å². The van der Waals surface area contributed by atoms with Crippen molar-refractivity contribution in [2.75, 3.05) is 19.3 Å². The van der Waals surface area contributed by atoms with Crippen LogP contribution in [0.25, 0.3) is 10.2 Å². The van der Waals surface area contributed by atoms with Crippen LogP contribution in [-0.2, 0) is 6.67 Å². The molecule has 1 fully saturated rings. The first-order valence-electron chi connectivity index (χ1n) is 11.2. The third-order valence-corrected chi connectivity index (χ3v) is 8.13. The average molecular weight is 510 g/mol. The molecule has 11 heteroatoms. The van der Waals surface area contributed by atoms with Crippen LogP contribution in [0.2, 0.25) is 0 Å². The lowest BCUT2D eigenvalue weighted by atomic mass is 9.95. The van der Waals surface area contributed by atoms with Gasteiger partial charge in [-0.2, -0.15) is 0 Å². The Labute approximate surface area is 209 Å². The Balaban J connectivity index is 1.30. The summed E-state index contributed by atoms with van der Waals surface area (Å²) in [4.78, 5) is 43.4. The minimum atomic E-state index is -0.448. The van der Waals surface area contributed by atoms with Gasteiger partial charge in [0.05, 0.1) is 20.0 Å². The number of thiazole rings is 1. The molecule has 0 bridgehead atoms. The predicted octanol–water partition coefficient (Wildman–Crippen LogP) is 4.42. The van der Waals surface area contributed by atoms with Gasteiger partial charge in [-0.1, -0.05) is 23.5 Å². The number of nitrogens with zero attached hydrogens (tertiary/aromatic N) is 5. The molecule has 9 nitrogen and oxygen atoms in total. The second kappa shape index (κ2) is 9.67. The zero-order valence-corrected chi connectivity index (χ0v) is 20.6. The van der Waals surface area contributed by atoms with Gasteiger partial charge in [0.1, 0.15) is 12.5 Å². The fraction of sp³-hybridized carbons (Fsp3) is 0.292. The molecule has 2 aromatic carbocycles. The van der Waals surface area contributed by atoms with Crippen molar-refractivity contribution in [2.45, 2.75) is 30.3 Å². The van der Waals surface area contributed by atoms with Crippen molar-refractivity contribution in [3.63, 3.8) is 0 Å². The maximum Gasteiger partial charge on any atom is 0.309 e. The summed E-state index contributed by atoms with van der Waals surface area (Å²) >= 11 is 2.52. The Morgan fingerprint density at radius 2 is 2.00 bits per heavy atom. The summed E-state index contributed by atoms with van der Waals surface area (Å²) < 4.78 is 4.72. The highest BCUT2D eigenvalue weighted by Gasteiger charge is 2.28. The number of hydrogen-bond donors (Lipinski definition) is 0. The van der Waals surface area contributed by atoms with Crippen LogP contribution in [0.1, 0.15) is 34.9 Å². The molecule has 1 saturated heterocycles. The molecule has 0 aliphatic carbocycles. The van der Waals surface area contributed by atoms with Crippen LogP contribution in [0.3, 0.4) is 0 Å². The van der Waals surface area contributed by atoms with Crippen LogP contribution >= 0.6 is 23.1 Å². The largest absolute Gasteiger partial charge is 0.339 e. The number of amides is 1. The fourth-order valence-corrected chi connectivity index (χ4v) is 6.02. The van der Waals surface area contributed by atoms with Gasteiger partial charge in [-0.3, -0.25) is 24.3 Å². The fourth-order valence-electron chi connectivity index (χ4n) is 4.59. The molecule has 5 rings (SSSR count). The van der Waals surface area contributed by atoms with Crippen LogP contribution in [0, 0.1) is 10.1 Å². The van der Waals surface area contributed by atoms with Gasteiger partial charge in [0.15, 0.2) is 0 Å². The Hall–Kier alpha value is -3.44. The van der Waals surface area contributed by atoms with E-state index in [1.54, 1.807) is 34.1 Å². The number of carbonyl (C=O) groups excluding carboxylic acids is 1.